The zero-order chi connectivity index (χ0) is 24.0. The van der Waals surface area contributed by atoms with E-state index in [0.29, 0.717) is 15.8 Å². The monoisotopic (exact) mass is 554 g/mol. The van der Waals surface area contributed by atoms with Crippen LogP contribution >= 0.6 is 39.1 Å². The third kappa shape index (κ3) is 7.36. The molecule has 2 amide bonds. The predicted octanol–water partition coefficient (Wildman–Crippen LogP) is 6.31. The van der Waals surface area contributed by atoms with Gasteiger partial charge >= 0.3 is 0 Å². The Bertz CT molecular complexity index is 996. The molecule has 1 N–H and O–H groups in total. The number of nitrogens with one attached hydrogen (secondary N) is 1. The van der Waals surface area contributed by atoms with Crippen LogP contribution in [0.25, 0.3) is 0 Å². The minimum atomic E-state index is -0.663. The van der Waals surface area contributed by atoms with E-state index >= 15 is 0 Å². The van der Waals surface area contributed by atoms with E-state index in [1.54, 1.807) is 31.2 Å². The van der Waals surface area contributed by atoms with E-state index in [2.05, 4.69) is 21.2 Å². The number of halogens is 3. The van der Waals surface area contributed by atoms with Gasteiger partial charge in [0.25, 0.3) is 5.91 Å². The van der Waals surface area contributed by atoms with Gasteiger partial charge in [-0.2, -0.15) is 0 Å². The van der Waals surface area contributed by atoms with Crippen LogP contribution in [0.4, 0.5) is 0 Å². The Labute approximate surface area is 213 Å². The molecule has 1 aliphatic rings. The topological polar surface area (TPSA) is 58.6 Å². The average Bonchev–Trinajstić information content (AvgIpc) is 2.80. The highest BCUT2D eigenvalue weighted by Gasteiger charge is 2.28. The van der Waals surface area contributed by atoms with E-state index in [1.807, 2.05) is 19.1 Å². The highest BCUT2D eigenvalue weighted by atomic mass is 79.9. The Morgan fingerprint density at radius 1 is 1.12 bits per heavy atom. The van der Waals surface area contributed by atoms with Crippen LogP contribution in [0.5, 0.6) is 5.75 Å². The summed E-state index contributed by atoms with van der Waals surface area (Å²) in [5, 5.41) is 3.97. The predicted molar refractivity (Wildman–Crippen MR) is 136 cm³/mol. The molecule has 3 rings (SSSR count). The van der Waals surface area contributed by atoms with E-state index in [1.165, 1.54) is 11.3 Å². The van der Waals surface area contributed by atoms with Crippen LogP contribution in [0.2, 0.25) is 10.0 Å². The summed E-state index contributed by atoms with van der Waals surface area (Å²) in [5.74, 6) is 0.153. The Balaban J connectivity index is 1.73. The molecule has 0 aliphatic heterocycles. The summed E-state index contributed by atoms with van der Waals surface area (Å²) in [6, 6.07) is 10.3. The maximum Gasteiger partial charge on any atom is 0.261 e. The summed E-state index contributed by atoms with van der Waals surface area (Å²) in [6.07, 6.45) is 5.39. The Morgan fingerprint density at radius 2 is 1.85 bits per heavy atom. The molecule has 2 aromatic rings. The molecule has 0 radical (unpaired) electrons. The lowest BCUT2D eigenvalue weighted by molar-refractivity contribution is -0.142. The maximum absolute atomic E-state index is 13.2. The molecule has 1 atom stereocenters. The first-order valence-electron chi connectivity index (χ1n) is 11.2. The molecule has 0 heterocycles. The van der Waals surface area contributed by atoms with Crippen molar-refractivity contribution in [1.82, 2.24) is 10.2 Å². The van der Waals surface area contributed by atoms with Crippen molar-refractivity contribution < 1.29 is 14.3 Å². The SMILES string of the molecule is Cc1cc(OCC(=O)N(Cc2ccc(Cl)c(Cl)c2)[C@@H](C)C(=O)NC2CCCCC2)ccc1Br. The molecule has 1 saturated carbocycles. The lowest BCUT2D eigenvalue weighted by Crippen LogP contribution is -2.51. The van der Waals surface area contributed by atoms with Crippen LogP contribution < -0.4 is 10.1 Å². The highest BCUT2D eigenvalue weighted by molar-refractivity contribution is 9.10. The summed E-state index contributed by atoms with van der Waals surface area (Å²) in [5.41, 5.74) is 1.79. The van der Waals surface area contributed by atoms with Gasteiger partial charge in [-0.15, -0.1) is 0 Å². The van der Waals surface area contributed by atoms with Crippen molar-refractivity contribution in [2.45, 2.75) is 64.6 Å². The van der Waals surface area contributed by atoms with Crippen LogP contribution in [-0.2, 0) is 16.1 Å². The Morgan fingerprint density at radius 3 is 2.52 bits per heavy atom. The van der Waals surface area contributed by atoms with E-state index in [-0.39, 0.29) is 31.0 Å². The van der Waals surface area contributed by atoms with E-state index in [0.717, 1.165) is 41.3 Å². The van der Waals surface area contributed by atoms with Gasteiger partial charge in [0.1, 0.15) is 11.8 Å². The summed E-state index contributed by atoms with van der Waals surface area (Å²) in [7, 11) is 0. The van der Waals surface area contributed by atoms with Gasteiger partial charge in [0.2, 0.25) is 5.91 Å². The fraction of sp³-hybridized carbons (Fsp3) is 0.440. The summed E-state index contributed by atoms with van der Waals surface area (Å²) in [6.45, 7) is 3.74. The third-order valence-corrected chi connectivity index (χ3v) is 7.58. The van der Waals surface area contributed by atoms with Crippen LogP contribution in [0.1, 0.15) is 50.2 Å². The van der Waals surface area contributed by atoms with Gasteiger partial charge < -0.3 is 15.0 Å². The van der Waals surface area contributed by atoms with E-state index < -0.39 is 6.04 Å². The minimum Gasteiger partial charge on any atom is -0.484 e. The lowest BCUT2D eigenvalue weighted by atomic mass is 9.95. The zero-order valence-electron chi connectivity index (χ0n) is 18.9. The first-order chi connectivity index (χ1) is 15.7. The zero-order valence-corrected chi connectivity index (χ0v) is 22.0. The molecular formula is C25H29BrCl2N2O3. The van der Waals surface area contributed by atoms with E-state index in [4.69, 9.17) is 27.9 Å². The molecule has 5 nitrogen and oxygen atoms in total. The van der Waals surface area contributed by atoms with Gasteiger partial charge in [0.15, 0.2) is 6.61 Å². The number of nitrogens with zero attached hydrogens (tertiary/aromatic N) is 1. The molecular weight excluding hydrogens is 527 g/mol. The Kier molecular flexibility index (Phi) is 9.47. The molecule has 1 fully saturated rings. The van der Waals surface area contributed by atoms with Crippen molar-refractivity contribution in [3.05, 3.63) is 62.0 Å². The van der Waals surface area contributed by atoms with Crippen molar-refractivity contribution in [3.63, 3.8) is 0 Å². The highest BCUT2D eigenvalue weighted by Crippen LogP contribution is 2.25. The smallest absolute Gasteiger partial charge is 0.261 e. The van der Waals surface area contributed by atoms with Crippen LogP contribution in [-0.4, -0.2) is 35.4 Å². The van der Waals surface area contributed by atoms with Crippen molar-refractivity contribution in [2.24, 2.45) is 0 Å². The normalized spacial score (nSPS) is 15.1. The van der Waals surface area contributed by atoms with Gasteiger partial charge in [0, 0.05) is 17.1 Å². The van der Waals surface area contributed by atoms with Crippen molar-refractivity contribution in [3.8, 4) is 5.75 Å². The van der Waals surface area contributed by atoms with Gasteiger partial charge in [-0.25, -0.2) is 0 Å². The maximum atomic E-state index is 13.2. The van der Waals surface area contributed by atoms with Crippen molar-refractivity contribution >= 4 is 50.9 Å². The standard InChI is InChI=1S/C25H29BrCl2N2O3/c1-16-12-20(9-10-21(16)26)33-15-24(31)30(14-18-8-11-22(27)23(28)13-18)17(2)25(32)29-19-6-4-3-5-7-19/h8-13,17,19H,3-7,14-15H2,1-2H3,(H,29,32)/t17-/m0/s1. The molecule has 0 saturated heterocycles. The number of hydrogen-bond acceptors (Lipinski definition) is 3. The number of rotatable bonds is 8. The molecule has 178 valence electrons. The lowest BCUT2D eigenvalue weighted by Gasteiger charge is -2.31. The van der Waals surface area contributed by atoms with Crippen molar-refractivity contribution in [1.29, 1.82) is 0 Å². The number of amides is 2. The molecule has 0 aromatic heterocycles. The third-order valence-electron chi connectivity index (χ3n) is 5.95. The van der Waals surface area contributed by atoms with E-state index in [9.17, 15) is 9.59 Å². The molecule has 0 unspecified atom stereocenters. The van der Waals surface area contributed by atoms with Crippen LogP contribution in [0, 0.1) is 6.92 Å². The molecule has 33 heavy (non-hydrogen) atoms. The number of ether oxygens (including phenoxy) is 1. The quantitative estimate of drug-likeness (QED) is 0.415. The second kappa shape index (κ2) is 12.1. The molecule has 2 aromatic carbocycles. The van der Waals surface area contributed by atoms with Gasteiger partial charge in [0.05, 0.1) is 10.0 Å². The summed E-state index contributed by atoms with van der Waals surface area (Å²) in [4.78, 5) is 27.8. The summed E-state index contributed by atoms with van der Waals surface area (Å²) >= 11 is 15.7. The second-order valence-electron chi connectivity index (χ2n) is 8.49. The van der Waals surface area contributed by atoms with Gasteiger partial charge in [-0.1, -0.05) is 64.5 Å². The first kappa shape index (κ1) is 25.9. The summed E-state index contributed by atoms with van der Waals surface area (Å²) < 4.78 is 6.72. The molecule has 0 bridgehead atoms. The van der Waals surface area contributed by atoms with Gasteiger partial charge in [-0.05, 0) is 68.1 Å². The number of carbonyl (C=O) groups is 2. The molecule has 1 aliphatic carbocycles. The Hall–Kier alpha value is -1.76. The fourth-order valence-corrected chi connectivity index (χ4v) is 4.49. The van der Waals surface area contributed by atoms with Crippen molar-refractivity contribution in [2.75, 3.05) is 6.61 Å². The minimum absolute atomic E-state index is 0.158. The molecule has 8 heteroatoms. The number of carbonyl (C=O) groups excluding carboxylic acids is 2. The molecule has 0 spiro atoms. The largest absolute Gasteiger partial charge is 0.484 e. The second-order valence-corrected chi connectivity index (χ2v) is 10.2. The average molecular weight is 556 g/mol. The van der Waals surface area contributed by atoms with Gasteiger partial charge in [-0.3, -0.25) is 9.59 Å². The van der Waals surface area contributed by atoms with Crippen LogP contribution in [0.15, 0.2) is 40.9 Å². The number of hydrogen-bond donors (Lipinski definition) is 1. The van der Waals surface area contributed by atoms with Crippen LogP contribution in [0.3, 0.4) is 0 Å². The number of benzene rings is 2. The number of aryl methyl sites for hydroxylation is 1. The first-order valence-corrected chi connectivity index (χ1v) is 12.7. The fourth-order valence-electron chi connectivity index (χ4n) is 3.92.